The second-order valence-electron chi connectivity index (χ2n) is 7.72. The Morgan fingerprint density at radius 3 is 2.75 bits per heavy atom. The highest BCUT2D eigenvalue weighted by atomic mass is 16.5. The maximum Gasteiger partial charge on any atom is 0.286 e. The Balaban J connectivity index is 1.72. The van der Waals surface area contributed by atoms with Gasteiger partial charge < -0.3 is 19.4 Å². The molecule has 2 aromatic rings. The van der Waals surface area contributed by atoms with Crippen molar-refractivity contribution in [3.8, 4) is 5.75 Å². The van der Waals surface area contributed by atoms with Crippen molar-refractivity contribution in [3.63, 3.8) is 0 Å². The van der Waals surface area contributed by atoms with Crippen molar-refractivity contribution in [2.45, 2.75) is 64.6 Å². The predicted octanol–water partition coefficient (Wildman–Crippen LogP) is 3.35. The fourth-order valence-corrected chi connectivity index (χ4v) is 4.05. The summed E-state index contributed by atoms with van der Waals surface area (Å²) in [7, 11) is 1.71. The summed E-state index contributed by atoms with van der Waals surface area (Å²) in [4.78, 5) is 13.6. The summed E-state index contributed by atoms with van der Waals surface area (Å²) in [5.41, 5.74) is 1.27. The van der Waals surface area contributed by atoms with Crippen LogP contribution >= 0.6 is 0 Å². The topological polar surface area (TPSA) is 55.9 Å². The molecular weight excluding hydrogens is 352 g/mol. The van der Waals surface area contributed by atoms with Crippen LogP contribution in [0.3, 0.4) is 0 Å². The summed E-state index contributed by atoms with van der Waals surface area (Å²) in [5.74, 6) is 2.06. The molecule has 0 radical (unpaired) electrons. The second-order valence-corrected chi connectivity index (χ2v) is 7.72. The summed E-state index contributed by atoms with van der Waals surface area (Å²) < 4.78 is 11.3. The molecule has 0 aliphatic heterocycles. The van der Waals surface area contributed by atoms with Crippen LogP contribution in [0.2, 0.25) is 0 Å². The number of methoxy groups -OCH3 is 1. The Morgan fingerprint density at radius 1 is 1.18 bits per heavy atom. The molecule has 5 heteroatoms. The van der Waals surface area contributed by atoms with E-state index in [1.165, 1.54) is 42.6 Å². The van der Waals surface area contributed by atoms with E-state index in [4.69, 9.17) is 9.15 Å². The molecule has 1 fully saturated rings. The van der Waals surface area contributed by atoms with E-state index in [-0.39, 0.29) is 5.91 Å². The van der Waals surface area contributed by atoms with E-state index >= 15 is 0 Å². The molecule has 1 aromatic carbocycles. The van der Waals surface area contributed by atoms with Crippen LogP contribution in [-0.2, 0) is 13.1 Å². The first-order valence-electron chi connectivity index (χ1n) is 10.5. The molecule has 1 aliphatic carbocycles. The lowest BCUT2D eigenvalue weighted by Crippen LogP contribution is -3.13. The number of benzene rings is 1. The van der Waals surface area contributed by atoms with Crippen molar-refractivity contribution in [2.24, 2.45) is 0 Å². The Morgan fingerprint density at radius 2 is 2.00 bits per heavy atom. The van der Waals surface area contributed by atoms with E-state index in [9.17, 15) is 4.79 Å². The van der Waals surface area contributed by atoms with Crippen LogP contribution in [0.15, 0.2) is 40.8 Å². The second kappa shape index (κ2) is 10.3. The molecule has 0 spiro atoms. The maximum atomic E-state index is 12.1. The van der Waals surface area contributed by atoms with Crippen LogP contribution in [0.1, 0.15) is 67.3 Å². The first-order valence-corrected chi connectivity index (χ1v) is 10.5. The Bertz CT molecular complexity index is 750. The predicted molar refractivity (Wildman–Crippen MR) is 110 cm³/mol. The van der Waals surface area contributed by atoms with Gasteiger partial charge in [-0.1, -0.05) is 25.5 Å². The van der Waals surface area contributed by atoms with Crippen molar-refractivity contribution in [1.29, 1.82) is 0 Å². The van der Waals surface area contributed by atoms with Gasteiger partial charge in [0.1, 0.15) is 18.8 Å². The van der Waals surface area contributed by atoms with Gasteiger partial charge in [-0.3, -0.25) is 4.79 Å². The summed E-state index contributed by atoms with van der Waals surface area (Å²) in [6, 6.07) is 12.7. The summed E-state index contributed by atoms with van der Waals surface area (Å²) in [5, 5.41) is 2.88. The third-order valence-electron chi connectivity index (χ3n) is 5.57. The normalized spacial score (nSPS) is 15.9. The van der Waals surface area contributed by atoms with Crippen LogP contribution < -0.4 is 15.0 Å². The lowest BCUT2D eigenvalue weighted by Gasteiger charge is -2.31. The van der Waals surface area contributed by atoms with Gasteiger partial charge in [0.05, 0.1) is 13.2 Å². The van der Waals surface area contributed by atoms with Gasteiger partial charge in [0.2, 0.25) is 0 Å². The van der Waals surface area contributed by atoms with E-state index in [2.05, 4.69) is 23.5 Å². The van der Waals surface area contributed by atoms with Gasteiger partial charge in [-0.2, -0.15) is 0 Å². The minimum Gasteiger partial charge on any atom is -0.497 e. The zero-order chi connectivity index (χ0) is 19.8. The number of furan rings is 1. The lowest BCUT2D eigenvalue weighted by atomic mass is 9.93. The number of nitrogens with one attached hydrogen (secondary N) is 2. The smallest absolute Gasteiger partial charge is 0.286 e. The van der Waals surface area contributed by atoms with Crippen molar-refractivity contribution in [1.82, 2.24) is 5.32 Å². The molecule has 1 atom stereocenters. The fourth-order valence-electron chi connectivity index (χ4n) is 4.05. The number of carbonyl (C=O) groups excluding carboxylic acids is 1. The van der Waals surface area contributed by atoms with Crippen LogP contribution in [0.5, 0.6) is 5.75 Å². The molecule has 0 saturated heterocycles. The number of amides is 1. The minimum absolute atomic E-state index is 0.125. The number of rotatable bonds is 9. The first-order chi connectivity index (χ1) is 13.7. The molecule has 1 aliphatic rings. The van der Waals surface area contributed by atoms with Gasteiger partial charge in [0.25, 0.3) is 5.91 Å². The van der Waals surface area contributed by atoms with Crippen LogP contribution in [0.25, 0.3) is 0 Å². The van der Waals surface area contributed by atoms with Gasteiger partial charge in [-0.15, -0.1) is 0 Å². The highest BCUT2D eigenvalue weighted by Gasteiger charge is 2.26. The largest absolute Gasteiger partial charge is 0.497 e. The summed E-state index contributed by atoms with van der Waals surface area (Å²) in [6.07, 6.45) is 7.36. The molecule has 1 unspecified atom stereocenters. The molecule has 0 bridgehead atoms. The monoisotopic (exact) mass is 385 g/mol. The van der Waals surface area contributed by atoms with Crippen molar-refractivity contribution in [3.05, 3.63) is 53.5 Å². The molecule has 5 nitrogen and oxygen atoms in total. The highest BCUT2D eigenvalue weighted by Crippen LogP contribution is 2.18. The quantitative estimate of drug-likeness (QED) is 0.696. The van der Waals surface area contributed by atoms with E-state index in [0.717, 1.165) is 31.0 Å². The minimum atomic E-state index is -0.125. The number of hydrogen-bond donors (Lipinski definition) is 2. The van der Waals surface area contributed by atoms with Gasteiger partial charge >= 0.3 is 0 Å². The molecule has 152 valence electrons. The Kier molecular flexibility index (Phi) is 7.54. The third-order valence-corrected chi connectivity index (χ3v) is 5.57. The molecule has 28 heavy (non-hydrogen) atoms. The highest BCUT2D eigenvalue weighted by molar-refractivity contribution is 5.91. The van der Waals surface area contributed by atoms with E-state index in [1.54, 1.807) is 13.2 Å². The summed E-state index contributed by atoms with van der Waals surface area (Å²) >= 11 is 0. The zero-order valence-corrected chi connectivity index (χ0v) is 17.1. The standard InChI is InChI=1S/C23H32N2O3/c1-3-14-24-23(26)22-13-12-21(28-22)17-25(19-9-5-4-6-10-19)16-18-8-7-11-20(15-18)27-2/h7-8,11-13,15,19H,3-6,9-10,14,16-17H2,1-2H3,(H,24,26)/p+1. The van der Waals surface area contributed by atoms with E-state index < -0.39 is 0 Å². The Hall–Kier alpha value is -2.27. The van der Waals surface area contributed by atoms with E-state index in [0.29, 0.717) is 18.3 Å². The van der Waals surface area contributed by atoms with Crippen molar-refractivity contribution >= 4 is 5.91 Å². The van der Waals surface area contributed by atoms with Gasteiger partial charge in [-0.05, 0) is 56.4 Å². The SMILES string of the molecule is CCCNC(=O)c1ccc(C[NH+](Cc2cccc(OC)c2)C2CCCCC2)o1. The molecule has 2 N–H and O–H groups in total. The molecule has 1 amide bonds. The van der Waals surface area contributed by atoms with Crippen molar-refractivity contribution < 1.29 is 18.8 Å². The van der Waals surface area contributed by atoms with Gasteiger partial charge in [-0.25, -0.2) is 0 Å². The van der Waals surface area contributed by atoms with Gasteiger partial charge in [0.15, 0.2) is 11.5 Å². The summed E-state index contributed by atoms with van der Waals surface area (Å²) in [6.45, 7) is 4.44. The molecule has 1 heterocycles. The molecule has 1 saturated carbocycles. The molecule has 3 rings (SSSR count). The van der Waals surface area contributed by atoms with Crippen LogP contribution in [0, 0.1) is 0 Å². The van der Waals surface area contributed by atoms with Crippen LogP contribution in [-0.4, -0.2) is 25.6 Å². The average Bonchev–Trinajstić information content (AvgIpc) is 3.21. The molecule has 1 aromatic heterocycles. The van der Waals surface area contributed by atoms with E-state index in [1.807, 2.05) is 19.1 Å². The number of ether oxygens (including phenoxy) is 1. The fraction of sp³-hybridized carbons (Fsp3) is 0.522. The van der Waals surface area contributed by atoms with Crippen molar-refractivity contribution in [2.75, 3.05) is 13.7 Å². The molecular formula is C23H33N2O3+. The zero-order valence-electron chi connectivity index (χ0n) is 17.1. The average molecular weight is 386 g/mol. The van der Waals surface area contributed by atoms with Crippen LogP contribution in [0.4, 0.5) is 0 Å². The maximum absolute atomic E-state index is 12.1. The Labute approximate surface area is 168 Å². The van der Waals surface area contributed by atoms with Gasteiger partial charge in [0, 0.05) is 12.1 Å². The number of hydrogen-bond acceptors (Lipinski definition) is 3. The first kappa shape index (κ1) is 20.5. The number of carbonyl (C=O) groups is 1. The third kappa shape index (κ3) is 5.61. The lowest BCUT2D eigenvalue weighted by molar-refractivity contribution is -0.954. The number of quaternary nitrogens is 1.